The van der Waals surface area contributed by atoms with Crippen LogP contribution >= 0.6 is 0 Å². The summed E-state index contributed by atoms with van der Waals surface area (Å²) in [6.07, 6.45) is 5.60. The average molecular weight is 276 g/mol. The Hall–Kier alpha value is -1.25. The van der Waals surface area contributed by atoms with Crippen molar-refractivity contribution in [2.75, 3.05) is 0 Å². The second-order valence-electron chi connectivity index (χ2n) is 5.48. The van der Waals surface area contributed by atoms with Gasteiger partial charge in [-0.25, -0.2) is 4.98 Å². The number of hydrogen-bond donors (Lipinski definition) is 1. The third kappa shape index (κ3) is 2.19. The molecule has 4 nitrogen and oxygen atoms in total. The van der Waals surface area contributed by atoms with Crippen molar-refractivity contribution in [2.45, 2.75) is 48.2 Å². The number of aromatic nitrogens is 1. The number of fused-ring (bicyclic) bond motifs is 2. The van der Waals surface area contributed by atoms with E-state index in [4.69, 9.17) is 5.26 Å². The molecule has 2 aliphatic rings. The highest BCUT2D eigenvalue weighted by molar-refractivity contribution is 7.86. The first-order chi connectivity index (χ1) is 9.12. The molecule has 2 bridgehead atoms. The Morgan fingerprint density at radius 2 is 2.11 bits per heavy atom. The molecule has 0 amide bonds. The molecule has 2 aliphatic heterocycles. The Morgan fingerprint density at radius 1 is 1.42 bits per heavy atom. The fourth-order valence-corrected chi connectivity index (χ4v) is 5.52. The molecule has 5 heteroatoms. The highest BCUT2D eigenvalue weighted by Gasteiger charge is 2.46. The van der Waals surface area contributed by atoms with Gasteiger partial charge in [0.15, 0.2) is 0 Å². The van der Waals surface area contributed by atoms with E-state index < -0.39 is 16.4 Å². The van der Waals surface area contributed by atoms with Gasteiger partial charge in [0, 0.05) is 27.5 Å². The molecular weight excluding hydrogens is 260 g/mol. The Morgan fingerprint density at radius 3 is 2.74 bits per heavy atom. The molecule has 0 radical (unpaired) electrons. The fraction of sp³-hybridized carbons (Fsp3) is 0.571. The molecule has 1 N–H and O–H groups in total. The van der Waals surface area contributed by atoms with Crippen molar-refractivity contribution in [2.24, 2.45) is 0 Å². The molecule has 0 aliphatic carbocycles. The predicted octanol–water partition coefficient (Wildman–Crippen LogP) is 1.60. The second kappa shape index (κ2) is 4.69. The first kappa shape index (κ1) is 12.8. The van der Waals surface area contributed by atoms with Gasteiger partial charge in [0.2, 0.25) is 0 Å². The normalized spacial score (nSPS) is 37.6. The summed E-state index contributed by atoms with van der Waals surface area (Å²) in [7, 11) is -0.804. The Kier molecular flexibility index (Phi) is 3.15. The van der Waals surface area contributed by atoms with Crippen molar-refractivity contribution >= 4 is 10.8 Å². The van der Waals surface area contributed by atoms with E-state index in [1.54, 1.807) is 18.3 Å². The van der Waals surface area contributed by atoms with Crippen LogP contribution in [0.5, 0.6) is 0 Å². The molecule has 19 heavy (non-hydrogen) atoms. The highest BCUT2D eigenvalue weighted by Crippen LogP contribution is 2.44. The lowest BCUT2D eigenvalue weighted by molar-refractivity contribution is 0.00644. The molecule has 0 saturated carbocycles. The topological polar surface area (TPSA) is 74.0 Å². The van der Waals surface area contributed by atoms with Crippen molar-refractivity contribution < 1.29 is 9.32 Å². The van der Waals surface area contributed by atoms with Crippen LogP contribution in [0.1, 0.15) is 43.4 Å². The fourth-order valence-electron chi connectivity index (χ4n) is 3.30. The third-order valence-electron chi connectivity index (χ3n) is 4.25. The van der Waals surface area contributed by atoms with E-state index in [0.717, 1.165) is 24.8 Å². The molecule has 1 aromatic rings. The maximum Gasteiger partial charge on any atom is 0.140 e. The minimum absolute atomic E-state index is 0.0937. The number of nitrogens with zero attached hydrogens (tertiary/aromatic N) is 2. The van der Waals surface area contributed by atoms with E-state index in [2.05, 4.69) is 4.98 Å². The maximum atomic E-state index is 12.2. The summed E-state index contributed by atoms with van der Waals surface area (Å²) in [6, 6.07) is 5.43. The maximum absolute atomic E-state index is 12.2. The second-order valence-corrected chi connectivity index (χ2v) is 7.48. The Balaban J connectivity index is 1.95. The Bertz CT molecular complexity index is 551. The zero-order valence-electron chi connectivity index (χ0n) is 10.6. The molecular formula is C14H16N2O2S. The molecule has 3 heterocycles. The molecule has 2 fully saturated rings. The van der Waals surface area contributed by atoms with Gasteiger partial charge in [-0.2, -0.15) is 5.26 Å². The van der Waals surface area contributed by atoms with Crippen LogP contribution in [0.2, 0.25) is 0 Å². The van der Waals surface area contributed by atoms with Crippen molar-refractivity contribution in [1.82, 2.24) is 4.98 Å². The van der Waals surface area contributed by atoms with Gasteiger partial charge in [0.25, 0.3) is 0 Å². The van der Waals surface area contributed by atoms with Crippen molar-refractivity contribution in [3.05, 3.63) is 29.6 Å². The van der Waals surface area contributed by atoms with Crippen LogP contribution in [-0.2, 0) is 16.4 Å². The lowest BCUT2D eigenvalue weighted by Crippen LogP contribution is -2.47. The van der Waals surface area contributed by atoms with Crippen molar-refractivity contribution in [3.63, 3.8) is 0 Å². The zero-order chi connectivity index (χ0) is 13.5. The molecule has 100 valence electrons. The summed E-state index contributed by atoms with van der Waals surface area (Å²) >= 11 is 0. The third-order valence-corrected chi connectivity index (χ3v) is 6.37. The number of aliphatic hydroxyl groups is 1. The van der Waals surface area contributed by atoms with Crippen LogP contribution in [0.15, 0.2) is 18.3 Å². The van der Waals surface area contributed by atoms with Gasteiger partial charge in [-0.3, -0.25) is 4.21 Å². The van der Waals surface area contributed by atoms with Crippen LogP contribution < -0.4 is 0 Å². The number of hydrogen-bond acceptors (Lipinski definition) is 4. The van der Waals surface area contributed by atoms with Crippen LogP contribution in [-0.4, -0.2) is 24.8 Å². The summed E-state index contributed by atoms with van der Waals surface area (Å²) < 4.78 is 12.2. The minimum Gasteiger partial charge on any atom is -0.385 e. The molecule has 2 saturated heterocycles. The summed E-state index contributed by atoms with van der Waals surface area (Å²) in [4.78, 5) is 3.94. The molecule has 2 atom stereocenters. The summed E-state index contributed by atoms with van der Waals surface area (Å²) in [5, 5.41) is 20.0. The van der Waals surface area contributed by atoms with Gasteiger partial charge >= 0.3 is 0 Å². The van der Waals surface area contributed by atoms with Gasteiger partial charge in [0.1, 0.15) is 11.8 Å². The van der Waals surface area contributed by atoms with E-state index in [1.165, 1.54) is 0 Å². The van der Waals surface area contributed by atoms with Crippen LogP contribution in [0.4, 0.5) is 0 Å². The van der Waals surface area contributed by atoms with Crippen molar-refractivity contribution in [3.8, 4) is 6.07 Å². The Labute approximate surface area is 114 Å². The highest BCUT2D eigenvalue weighted by atomic mass is 32.2. The van der Waals surface area contributed by atoms with Gasteiger partial charge in [0.05, 0.1) is 5.60 Å². The first-order valence-corrected chi connectivity index (χ1v) is 7.88. The van der Waals surface area contributed by atoms with Gasteiger partial charge < -0.3 is 5.11 Å². The monoisotopic (exact) mass is 276 g/mol. The molecule has 1 aromatic heterocycles. The molecule has 2 unspecified atom stereocenters. The quantitative estimate of drug-likeness (QED) is 0.845. The molecule has 3 rings (SSSR count). The van der Waals surface area contributed by atoms with E-state index >= 15 is 0 Å². The lowest BCUT2D eigenvalue weighted by atomic mass is 9.80. The smallest absolute Gasteiger partial charge is 0.140 e. The lowest BCUT2D eigenvalue weighted by Gasteiger charge is -2.43. The SMILES string of the molecule is N#Cc1cc(C2(O)CC3CCCC(C2)S3=O)ccn1. The van der Waals surface area contributed by atoms with E-state index in [0.29, 0.717) is 18.5 Å². The van der Waals surface area contributed by atoms with Gasteiger partial charge in [-0.15, -0.1) is 0 Å². The van der Waals surface area contributed by atoms with Gasteiger partial charge in [-0.1, -0.05) is 6.42 Å². The zero-order valence-corrected chi connectivity index (χ0v) is 11.4. The molecule has 0 aromatic carbocycles. The van der Waals surface area contributed by atoms with Crippen molar-refractivity contribution in [1.29, 1.82) is 5.26 Å². The van der Waals surface area contributed by atoms with Crippen LogP contribution in [0, 0.1) is 11.3 Å². The van der Waals surface area contributed by atoms with E-state index in [1.807, 2.05) is 6.07 Å². The molecule has 0 spiro atoms. The van der Waals surface area contributed by atoms with Crippen LogP contribution in [0.25, 0.3) is 0 Å². The first-order valence-electron chi connectivity index (χ1n) is 6.61. The number of pyridine rings is 1. The van der Waals surface area contributed by atoms with E-state index in [9.17, 15) is 9.32 Å². The summed E-state index contributed by atoms with van der Waals surface area (Å²) in [6.45, 7) is 0. The predicted molar refractivity (Wildman–Crippen MR) is 71.7 cm³/mol. The number of rotatable bonds is 1. The van der Waals surface area contributed by atoms with Crippen LogP contribution in [0.3, 0.4) is 0 Å². The standard InChI is InChI=1S/C14H16N2O2S/c15-9-11-6-10(4-5-16-11)14(17)7-12-2-1-3-13(8-14)19(12)18/h4-6,12-13,17H,1-3,7-8H2. The summed E-state index contributed by atoms with van der Waals surface area (Å²) in [5.41, 5.74) is 0.119. The average Bonchev–Trinajstić information content (AvgIpc) is 2.41. The number of nitriles is 1. The minimum atomic E-state index is -0.946. The largest absolute Gasteiger partial charge is 0.385 e. The summed E-state index contributed by atoms with van der Waals surface area (Å²) in [5.74, 6) is 0. The van der Waals surface area contributed by atoms with E-state index in [-0.39, 0.29) is 10.5 Å². The van der Waals surface area contributed by atoms with Gasteiger partial charge in [-0.05, 0) is 43.4 Å².